The normalized spacial score (nSPS) is 17.7. The Labute approximate surface area is 134 Å². The van der Waals surface area contributed by atoms with Crippen LogP contribution >= 0.6 is 0 Å². The van der Waals surface area contributed by atoms with Crippen molar-refractivity contribution in [1.29, 1.82) is 0 Å². The molecule has 0 unspecified atom stereocenters. The van der Waals surface area contributed by atoms with Crippen LogP contribution < -0.4 is 0 Å². The Hall–Kier alpha value is -2.44. The van der Waals surface area contributed by atoms with Crippen molar-refractivity contribution in [3.05, 3.63) is 29.7 Å². The van der Waals surface area contributed by atoms with E-state index in [1.807, 2.05) is 17.9 Å². The third-order valence-corrected chi connectivity index (χ3v) is 4.33. The van der Waals surface area contributed by atoms with E-state index in [1.165, 1.54) is 4.90 Å². The third-order valence-electron chi connectivity index (χ3n) is 4.33. The second-order valence-corrected chi connectivity index (χ2v) is 6.04. The fourth-order valence-electron chi connectivity index (χ4n) is 3.06. The first kappa shape index (κ1) is 15.5. The number of amides is 2. The van der Waals surface area contributed by atoms with Crippen molar-refractivity contribution in [2.75, 3.05) is 27.2 Å². The van der Waals surface area contributed by atoms with Gasteiger partial charge in [-0.15, -0.1) is 0 Å². The molecule has 3 rings (SSSR count). The van der Waals surface area contributed by atoms with Crippen LogP contribution in [0.15, 0.2) is 18.5 Å². The number of hydrogen-bond acceptors (Lipinski definition) is 4. The molecule has 1 fully saturated rings. The van der Waals surface area contributed by atoms with E-state index in [4.69, 9.17) is 0 Å². The molecule has 3 heterocycles. The highest BCUT2D eigenvalue weighted by molar-refractivity contribution is 5.99. The molecular weight excluding hydrogens is 294 g/mol. The largest absolute Gasteiger partial charge is 0.345 e. The lowest BCUT2D eigenvalue weighted by molar-refractivity contribution is -0.129. The summed E-state index contributed by atoms with van der Waals surface area (Å²) < 4.78 is 1.74. The van der Waals surface area contributed by atoms with Gasteiger partial charge in [-0.25, -0.2) is 9.50 Å². The smallest absolute Gasteiger partial charge is 0.258 e. The molecule has 0 radical (unpaired) electrons. The zero-order valence-corrected chi connectivity index (χ0v) is 13.7. The molecule has 0 spiro atoms. The van der Waals surface area contributed by atoms with Gasteiger partial charge in [0.05, 0.1) is 11.9 Å². The van der Waals surface area contributed by atoms with Gasteiger partial charge in [0.2, 0.25) is 5.91 Å². The molecule has 7 nitrogen and oxygen atoms in total. The molecule has 0 N–H and O–H groups in total. The van der Waals surface area contributed by atoms with Gasteiger partial charge in [0.1, 0.15) is 5.56 Å². The summed E-state index contributed by atoms with van der Waals surface area (Å²) in [5.74, 6) is 0.291. The first-order valence-corrected chi connectivity index (χ1v) is 7.85. The summed E-state index contributed by atoms with van der Waals surface area (Å²) in [4.78, 5) is 31.8. The van der Waals surface area contributed by atoms with Crippen molar-refractivity contribution in [2.24, 2.45) is 0 Å². The molecule has 2 aromatic rings. The molecule has 1 aliphatic heterocycles. The minimum Gasteiger partial charge on any atom is -0.345 e. The van der Waals surface area contributed by atoms with Crippen LogP contribution in [-0.4, -0.2) is 63.4 Å². The summed E-state index contributed by atoms with van der Waals surface area (Å²) in [7, 11) is 3.42. The van der Waals surface area contributed by atoms with E-state index in [-0.39, 0.29) is 17.7 Å². The topological polar surface area (TPSA) is 70.8 Å². The fourth-order valence-corrected chi connectivity index (χ4v) is 3.06. The molecule has 7 heteroatoms. The molecule has 1 atom stereocenters. The molecule has 1 aliphatic rings. The van der Waals surface area contributed by atoms with Gasteiger partial charge >= 0.3 is 0 Å². The van der Waals surface area contributed by atoms with E-state index in [1.54, 1.807) is 31.0 Å². The third kappa shape index (κ3) is 2.67. The van der Waals surface area contributed by atoms with Crippen molar-refractivity contribution in [1.82, 2.24) is 24.4 Å². The molecule has 122 valence electrons. The standard InChI is InChI=1S/C16H21N5O2/c1-4-14(22)20-8-6-11(10-20)13-5-7-17-15-12(9-18-21(13)15)16(23)19(2)3/h5,7,9,11H,4,6,8,10H2,1-3H3/t11-/m1/s1. The van der Waals surface area contributed by atoms with Gasteiger partial charge in [0.25, 0.3) is 5.91 Å². The van der Waals surface area contributed by atoms with Crippen LogP contribution in [0, 0.1) is 0 Å². The Bertz CT molecular complexity index is 752. The predicted molar refractivity (Wildman–Crippen MR) is 85.2 cm³/mol. The maximum atomic E-state index is 12.2. The Kier molecular flexibility index (Phi) is 4.02. The van der Waals surface area contributed by atoms with E-state index < -0.39 is 0 Å². The van der Waals surface area contributed by atoms with Crippen molar-refractivity contribution >= 4 is 17.5 Å². The molecule has 23 heavy (non-hydrogen) atoms. The maximum Gasteiger partial charge on any atom is 0.258 e. The molecule has 2 amide bonds. The second-order valence-electron chi connectivity index (χ2n) is 6.04. The molecule has 1 saturated heterocycles. The summed E-state index contributed by atoms with van der Waals surface area (Å²) in [6.07, 6.45) is 4.71. The number of likely N-dealkylation sites (tertiary alicyclic amines) is 1. The summed E-state index contributed by atoms with van der Waals surface area (Å²) in [6.45, 7) is 3.35. The SMILES string of the molecule is CCC(=O)N1CC[C@@H](c2ccnc3c(C(=O)N(C)C)cnn23)C1. The molecular formula is C16H21N5O2. The second kappa shape index (κ2) is 5.98. The number of fused-ring (bicyclic) bond motifs is 1. The highest BCUT2D eigenvalue weighted by Crippen LogP contribution is 2.28. The van der Waals surface area contributed by atoms with Crippen molar-refractivity contribution in [2.45, 2.75) is 25.7 Å². The highest BCUT2D eigenvalue weighted by atomic mass is 16.2. The maximum absolute atomic E-state index is 12.2. The van der Waals surface area contributed by atoms with Crippen molar-refractivity contribution in [3.63, 3.8) is 0 Å². The van der Waals surface area contributed by atoms with E-state index in [2.05, 4.69) is 10.1 Å². The van der Waals surface area contributed by atoms with Crippen molar-refractivity contribution in [3.8, 4) is 0 Å². The number of aromatic nitrogens is 3. The van der Waals surface area contributed by atoms with Gasteiger partial charge in [-0.05, 0) is 12.5 Å². The summed E-state index contributed by atoms with van der Waals surface area (Å²) in [5.41, 5.74) is 2.07. The number of carbonyl (C=O) groups excluding carboxylic acids is 2. The van der Waals surface area contributed by atoms with E-state index in [0.29, 0.717) is 24.2 Å². The molecule has 2 aromatic heterocycles. The molecule has 0 bridgehead atoms. The van der Waals surface area contributed by atoms with Gasteiger partial charge in [-0.1, -0.05) is 6.92 Å². The van der Waals surface area contributed by atoms with Crippen LogP contribution in [-0.2, 0) is 4.79 Å². The first-order valence-electron chi connectivity index (χ1n) is 7.85. The predicted octanol–water partition coefficient (Wildman–Crippen LogP) is 1.16. The lowest BCUT2D eigenvalue weighted by Gasteiger charge is -2.16. The molecule has 0 aromatic carbocycles. The van der Waals surface area contributed by atoms with Crippen LogP contribution in [0.1, 0.15) is 41.7 Å². The summed E-state index contributed by atoms with van der Waals surface area (Å²) >= 11 is 0. The Morgan fingerprint density at radius 1 is 1.39 bits per heavy atom. The monoisotopic (exact) mass is 315 g/mol. The zero-order valence-electron chi connectivity index (χ0n) is 13.7. The molecule has 0 saturated carbocycles. The minimum absolute atomic E-state index is 0.112. The van der Waals surface area contributed by atoms with Gasteiger partial charge in [0.15, 0.2) is 5.65 Å². The van der Waals surface area contributed by atoms with Crippen LogP contribution in [0.25, 0.3) is 5.65 Å². The lowest BCUT2D eigenvalue weighted by atomic mass is 10.0. The number of hydrogen-bond donors (Lipinski definition) is 0. The van der Waals surface area contributed by atoms with Gasteiger partial charge < -0.3 is 9.80 Å². The lowest BCUT2D eigenvalue weighted by Crippen LogP contribution is -2.27. The highest BCUT2D eigenvalue weighted by Gasteiger charge is 2.29. The van der Waals surface area contributed by atoms with Gasteiger partial charge in [-0.3, -0.25) is 9.59 Å². The average Bonchev–Trinajstić information content (AvgIpc) is 3.20. The minimum atomic E-state index is -0.112. The quantitative estimate of drug-likeness (QED) is 0.852. The number of nitrogens with zero attached hydrogens (tertiary/aromatic N) is 5. The first-order chi connectivity index (χ1) is 11.0. The Morgan fingerprint density at radius 3 is 2.87 bits per heavy atom. The number of carbonyl (C=O) groups is 2. The van der Waals surface area contributed by atoms with E-state index in [0.717, 1.165) is 18.7 Å². The number of rotatable bonds is 3. The average molecular weight is 315 g/mol. The van der Waals surface area contributed by atoms with Crippen molar-refractivity contribution < 1.29 is 9.59 Å². The van der Waals surface area contributed by atoms with Gasteiger partial charge in [0, 0.05) is 45.7 Å². The Balaban J connectivity index is 1.94. The summed E-state index contributed by atoms with van der Waals surface area (Å²) in [6, 6.07) is 1.93. The fraction of sp³-hybridized carbons (Fsp3) is 0.500. The van der Waals surface area contributed by atoms with Crippen LogP contribution in [0.5, 0.6) is 0 Å². The Morgan fingerprint density at radius 2 is 2.17 bits per heavy atom. The zero-order chi connectivity index (χ0) is 16.6. The van der Waals surface area contributed by atoms with Crippen LogP contribution in [0.4, 0.5) is 0 Å². The van der Waals surface area contributed by atoms with E-state index >= 15 is 0 Å². The van der Waals surface area contributed by atoms with E-state index in [9.17, 15) is 9.59 Å². The molecule has 0 aliphatic carbocycles. The van der Waals surface area contributed by atoms with Crippen LogP contribution in [0.2, 0.25) is 0 Å². The summed E-state index contributed by atoms with van der Waals surface area (Å²) in [5, 5.41) is 4.36. The van der Waals surface area contributed by atoms with Gasteiger partial charge in [-0.2, -0.15) is 5.10 Å². The van der Waals surface area contributed by atoms with Crippen LogP contribution in [0.3, 0.4) is 0 Å².